The van der Waals surface area contributed by atoms with Crippen LogP contribution in [0.4, 0.5) is 19.0 Å². The maximum atomic E-state index is 15.7. The molecular weight excluding hydrogens is 725 g/mol. The summed E-state index contributed by atoms with van der Waals surface area (Å²) < 4.78 is 80.5. The molecule has 1 saturated carbocycles. The van der Waals surface area contributed by atoms with Crippen LogP contribution < -0.4 is 20.3 Å². The average Bonchev–Trinajstić information content (AvgIpc) is 3.72. The first-order chi connectivity index (χ1) is 24.7. The number of nitrogens with zero attached hydrogens (tertiary/aromatic N) is 6. The van der Waals surface area contributed by atoms with Gasteiger partial charge in [0.2, 0.25) is 15.9 Å². The number of hydrogen-bond acceptors (Lipinski definition) is 8. The maximum absolute atomic E-state index is 15.7. The van der Waals surface area contributed by atoms with Crippen molar-refractivity contribution in [2.45, 2.75) is 37.8 Å². The largest absolute Gasteiger partial charge is 0.497 e. The molecule has 0 bridgehead atoms. The van der Waals surface area contributed by atoms with Gasteiger partial charge in [-0.15, -0.1) is 0 Å². The van der Waals surface area contributed by atoms with E-state index in [9.17, 15) is 26.8 Å². The fourth-order valence-corrected chi connectivity index (χ4v) is 6.98. The number of rotatable bonds is 11. The molecule has 7 rings (SSSR count). The Bertz CT molecular complexity index is 2570. The SMILES string of the molecule is COc1cc(F)c2c(=O)n(-c3ccc(Cl)c4c(NS(C)(=O)=O)nn(C)c34)c(C(Cc3cc(F)cc(F)c3)NC(=O)Cn3ccc(C4CC4)n3)nc2c1. The zero-order valence-electron chi connectivity index (χ0n) is 27.8. The molecule has 1 fully saturated rings. The number of ether oxygens (including phenoxy) is 1. The molecule has 0 saturated heterocycles. The monoisotopic (exact) mass is 754 g/mol. The van der Waals surface area contributed by atoms with Gasteiger partial charge in [-0.05, 0) is 48.7 Å². The lowest BCUT2D eigenvalue weighted by Gasteiger charge is -2.24. The molecule has 1 amide bonds. The van der Waals surface area contributed by atoms with E-state index >= 15 is 4.39 Å². The van der Waals surface area contributed by atoms with Crippen LogP contribution in [0.15, 0.2) is 59.5 Å². The van der Waals surface area contributed by atoms with Crippen molar-refractivity contribution in [3.05, 3.63) is 105 Å². The number of fused-ring (bicyclic) bond motifs is 2. The van der Waals surface area contributed by atoms with Gasteiger partial charge in [0.25, 0.3) is 5.56 Å². The van der Waals surface area contributed by atoms with Crippen LogP contribution in [0.3, 0.4) is 0 Å². The van der Waals surface area contributed by atoms with Crippen molar-refractivity contribution in [1.29, 1.82) is 0 Å². The van der Waals surface area contributed by atoms with Gasteiger partial charge in [-0.3, -0.25) is 28.2 Å². The summed E-state index contributed by atoms with van der Waals surface area (Å²) in [6, 6.07) is 8.58. The quantitative estimate of drug-likeness (QED) is 0.189. The number of aromatic nitrogens is 6. The van der Waals surface area contributed by atoms with Crippen LogP contribution in [-0.4, -0.2) is 56.8 Å². The lowest BCUT2D eigenvalue weighted by molar-refractivity contribution is -0.122. The molecule has 3 aromatic heterocycles. The van der Waals surface area contributed by atoms with E-state index in [4.69, 9.17) is 16.3 Å². The molecule has 0 radical (unpaired) electrons. The summed E-state index contributed by atoms with van der Waals surface area (Å²) in [5.41, 5.74) is 0.0850. The number of nitrogens with one attached hydrogen (secondary N) is 2. The molecule has 1 unspecified atom stereocenters. The van der Waals surface area contributed by atoms with E-state index in [0.29, 0.717) is 12.0 Å². The number of benzene rings is 3. The summed E-state index contributed by atoms with van der Waals surface area (Å²) in [5, 5.41) is 11.4. The van der Waals surface area contributed by atoms with Crippen molar-refractivity contribution in [1.82, 2.24) is 34.4 Å². The zero-order valence-corrected chi connectivity index (χ0v) is 29.4. The summed E-state index contributed by atoms with van der Waals surface area (Å²) in [4.78, 5) is 33.0. The Balaban J connectivity index is 1.47. The summed E-state index contributed by atoms with van der Waals surface area (Å²) in [6.45, 7) is -0.242. The van der Waals surface area contributed by atoms with E-state index in [1.165, 1.54) is 41.7 Å². The van der Waals surface area contributed by atoms with Crippen molar-refractivity contribution < 1.29 is 31.1 Å². The lowest BCUT2D eigenvalue weighted by Crippen LogP contribution is -2.37. The fourth-order valence-electron chi connectivity index (χ4n) is 6.25. The Labute approximate surface area is 299 Å². The summed E-state index contributed by atoms with van der Waals surface area (Å²) in [7, 11) is -1.05. The lowest BCUT2D eigenvalue weighted by atomic mass is 10.0. The standard InChI is InChI=1S/C34H30ClF3N8O5S/c1-44-31-27(7-6-22(35)29(31)32(42-44)43-52(3,49)50)46-33(40-25-15-21(51-2)14-23(38)30(25)34(46)48)26(12-17-10-19(36)13-20(37)11-17)39-28(47)16-45-9-8-24(41-45)18-4-5-18/h6-11,13-15,18,26H,4-5,12,16H2,1-3H3,(H,39,47)(H,42,43). The highest BCUT2D eigenvalue weighted by Gasteiger charge is 2.29. The predicted molar refractivity (Wildman–Crippen MR) is 187 cm³/mol. The fraction of sp³-hybridized carbons (Fsp3) is 0.265. The molecule has 1 atom stereocenters. The van der Waals surface area contributed by atoms with E-state index in [1.807, 2.05) is 6.07 Å². The minimum absolute atomic E-state index is 0.0337. The van der Waals surface area contributed by atoms with Crippen LogP contribution in [0, 0.1) is 17.5 Å². The first-order valence-electron chi connectivity index (χ1n) is 15.9. The van der Waals surface area contributed by atoms with Crippen molar-refractivity contribution in [2.75, 3.05) is 18.1 Å². The number of methoxy groups -OCH3 is 1. The van der Waals surface area contributed by atoms with E-state index in [0.717, 1.165) is 47.6 Å². The van der Waals surface area contributed by atoms with Gasteiger partial charge in [-0.2, -0.15) is 10.2 Å². The van der Waals surface area contributed by atoms with Crippen LogP contribution in [0.1, 0.15) is 41.9 Å². The maximum Gasteiger partial charge on any atom is 0.269 e. The third kappa shape index (κ3) is 6.92. The number of carbonyl (C=O) groups is 1. The van der Waals surface area contributed by atoms with E-state index in [2.05, 4.69) is 25.2 Å². The Morgan fingerprint density at radius 2 is 1.79 bits per heavy atom. The summed E-state index contributed by atoms with van der Waals surface area (Å²) in [5.74, 6) is -3.20. The van der Waals surface area contributed by atoms with Gasteiger partial charge in [0.05, 0.1) is 52.2 Å². The second-order valence-electron chi connectivity index (χ2n) is 12.6. The molecule has 0 aliphatic heterocycles. The van der Waals surface area contributed by atoms with Crippen molar-refractivity contribution >= 4 is 55.2 Å². The number of anilines is 1. The Kier molecular flexibility index (Phi) is 8.94. The number of carbonyl (C=O) groups excluding carboxylic acids is 1. The van der Waals surface area contributed by atoms with Gasteiger partial charge < -0.3 is 10.1 Å². The third-order valence-corrected chi connectivity index (χ3v) is 9.45. The van der Waals surface area contributed by atoms with Gasteiger partial charge in [-0.1, -0.05) is 11.6 Å². The molecule has 3 heterocycles. The minimum atomic E-state index is -3.84. The second-order valence-corrected chi connectivity index (χ2v) is 14.7. The topological polar surface area (TPSA) is 155 Å². The van der Waals surface area contributed by atoms with E-state index < -0.39 is 50.4 Å². The highest BCUT2D eigenvalue weighted by Crippen LogP contribution is 2.39. The van der Waals surface area contributed by atoms with E-state index in [-0.39, 0.29) is 63.1 Å². The molecule has 1 aliphatic carbocycles. The molecule has 6 aromatic rings. The highest BCUT2D eigenvalue weighted by atomic mass is 35.5. The number of halogens is 4. The van der Waals surface area contributed by atoms with Gasteiger partial charge in [0.1, 0.15) is 41.0 Å². The summed E-state index contributed by atoms with van der Waals surface area (Å²) >= 11 is 6.57. The first kappa shape index (κ1) is 35.0. The first-order valence-corrected chi connectivity index (χ1v) is 18.2. The van der Waals surface area contributed by atoms with Gasteiger partial charge >= 0.3 is 0 Å². The number of aryl methyl sites for hydroxylation is 1. The second kappa shape index (κ2) is 13.3. The van der Waals surface area contributed by atoms with Crippen LogP contribution in [0.5, 0.6) is 5.75 Å². The van der Waals surface area contributed by atoms with Crippen LogP contribution in [-0.2, 0) is 34.8 Å². The highest BCUT2D eigenvalue weighted by molar-refractivity contribution is 7.92. The zero-order chi connectivity index (χ0) is 37.1. The molecular formula is C34H30ClF3N8O5S. The molecule has 52 heavy (non-hydrogen) atoms. The predicted octanol–water partition coefficient (Wildman–Crippen LogP) is 4.90. The van der Waals surface area contributed by atoms with Gasteiger partial charge in [-0.25, -0.2) is 26.6 Å². The minimum Gasteiger partial charge on any atom is -0.497 e. The molecule has 1 aliphatic rings. The van der Waals surface area contributed by atoms with Crippen molar-refractivity contribution in [3.8, 4) is 11.4 Å². The normalized spacial score (nSPS) is 13.8. The Morgan fingerprint density at radius 1 is 1.06 bits per heavy atom. The Morgan fingerprint density at radius 3 is 2.46 bits per heavy atom. The number of hydrogen-bond donors (Lipinski definition) is 2. The summed E-state index contributed by atoms with van der Waals surface area (Å²) in [6.07, 6.45) is 4.33. The molecule has 18 heteroatoms. The average molecular weight is 755 g/mol. The molecule has 0 spiro atoms. The van der Waals surface area contributed by atoms with Gasteiger partial charge in [0.15, 0.2) is 5.82 Å². The van der Waals surface area contributed by atoms with Crippen LogP contribution >= 0.6 is 11.6 Å². The van der Waals surface area contributed by atoms with Gasteiger partial charge in [0, 0.05) is 43.8 Å². The smallest absolute Gasteiger partial charge is 0.269 e. The molecule has 270 valence electrons. The molecule has 13 nitrogen and oxygen atoms in total. The van der Waals surface area contributed by atoms with Crippen LogP contribution in [0.25, 0.3) is 27.5 Å². The number of amides is 1. The molecule has 3 aromatic carbocycles. The van der Waals surface area contributed by atoms with Crippen LogP contribution in [0.2, 0.25) is 5.02 Å². The number of sulfonamides is 1. The van der Waals surface area contributed by atoms with E-state index in [1.54, 1.807) is 6.20 Å². The Hall–Kier alpha value is -5.42. The van der Waals surface area contributed by atoms with Crippen molar-refractivity contribution in [3.63, 3.8) is 0 Å². The molecule has 2 N–H and O–H groups in total. The van der Waals surface area contributed by atoms with Crippen molar-refractivity contribution in [2.24, 2.45) is 7.05 Å². The third-order valence-electron chi connectivity index (χ3n) is 8.57.